The Hall–Kier alpha value is -1.96. The minimum absolute atomic E-state index is 0.0892. The molecular formula is C23H29Cl3N6O. The van der Waals surface area contributed by atoms with Gasteiger partial charge in [-0.05, 0) is 63.5 Å². The molecule has 0 saturated heterocycles. The van der Waals surface area contributed by atoms with Gasteiger partial charge >= 0.3 is 6.03 Å². The second kappa shape index (κ2) is 10.5. The number of hydrogen-bond donors (Lipinski definition) is 3. The van der Waals surface area contributed by atoms with E-state index in [1.165, 1.54) is 30.2 Å². The van der Waals surface area contributed by atoms with Crippen molar-refractivity contribution in [3.63, 3.8) is 0 Å². The predicted octanol–water partition coefficient (Wildman–Crippen LogP) is 5.93. The zero-order valence-electron chi connectivity index (χ0n) is 18.9. The summed E-state index contributed by atoms with van der Waals surface area (Å²) in [5.41, 5.74) is 2.90. The number of nitrogens with one attached hydrogen (secondary N) is 3. The average molecular weight is 512 g/mol. The van der Waals surface area contributed by atoms with E-state index in [0.717, 1.165) is 44.3 Å². The molecule has 33 heavy (non-hydrogen) atoms. The summed E-state index contributed by atoms with van der Waals surface area (Å²) in [4.78, 5) is 24.2. The van der Waals surface area contributed by atoms with Gasteiger partial charge in [0.1, 0.15) is 5.82 Å². The normalized spacial score (nSPS) is 20.0. The number of fused-ring (bicyclic) bond motifs is 1. The predicted molar refractivity (Wildman–Crippen MR) is 136 cm³/mol. The van der Waals surface area contributed by atoms with Crippen LogP contribution in [0.1, 0.15) is 49.8 Å². The van der Waals surface area contributed by atoms with Crippen molar-refractivity contribution in [2.75, 3.05) is 29.6 Å². The van der Waals surface area contributed by atoms with E-state index in [-0.39, 0.29) is 18.1 Å². The molecule has 2 aromatic rings. The highest BCUT2D eigenvalue weighted by Crippen LogP contribution is 2.32. The minimum Gasteiger partial charge on any atom is -0.362 e. The zero-order chi connectivity index (χ0) is 23.5. The van der Waals surface area contributed by atoms with Crippen molar-refractivity contribution in [1.82, 2.24) is 15.3 Å². The molecule has 0 atom stereocenters. The van der Waals surface area contributed by atoms with Crippen LogP contribution >= 0.6 is 34.8 Å². The fourth-order valence-electron chi connectivity index (χ4n) is 4.54. The van der Waals surface area contributed by atoms with Crippen molar-refractivity contribution < 1.29 is 4.79 Å². The molecule has 1 saturated carbocycles. The lowest BCUT2D eigenvalue weighted by molar-refractivity contribution is 0.243. The molecule has 3 N–H and O–H groups in total. The summed E-state index contributed by atoms with van der Waals surface area (Å²) in [6.45, 7) is 0. The highest BCUT2D eigenvalue weighted by Gasteiger charge is 2.25. The van der Waals surface area contributed by atoms with Crippen LogP contribution in [0.5, 0.6) is 0 Å². The van der Waals surface area contributed by atoms with Gasteiger partial charge in [0.2, 0.25) is 5.95 Å². The molecule has 1 fully saturated rings. The van der Waals surface area contributed by atoms with Gasteiger partial charge < -0.3 is 20.9 Å². The van der Waals surface area contributed by atoms with Crippen LogP contribution in [-0.2, 0) is 12.8 Å². The van der Waals surface area contributed by atoms with Crippen molar-refractivity contribution in [3.8, 4) is 0 Å². The summed E-state index contributed by atoms with van der Waals surface area (Å²) in [5, 5.41) is 10.3. The van der Waals surface area contributed by atoms with Gasteiger partial charge in [-0.3, -0.25) is 0 Å². The number of amides is 2. The number of aryl methyl sites for hydroxylation is 1. The first-order valence-corrected chi connectivity index (χ1v) is 12.5. The maximum atomic E-state index is 12.4. The second-order valence-corrected chi connectivity index (χ2v) is 10.2. The molecule has 0 spiro atoms. The zero-order valence-corrected chi connectivity index (χ0v) is 21.1. The van der Waals surface area contributed by atoms with Crippen molar-refractivity contribution >= 4 is 58.3 Å². The van der Waals surface area contributed by atoms with Gasteiger partial charge in [0.15, 0.2) is 0 Å². The van der Waals surface area contributed by atoms with E-state index in [9.17, 15) is 4.79 Å². The van der Waals surface area contributed by atoms with E-state index in [2.05, 4.69) is 20.9 Å². The van der Waals surface area contributed by atoms with Crippen LogP contribution in [0.15, 0.2) is 12.1 Å². The van der Waals surface area contributed by atoms with Gasteiger partial charge in [0, 0.05) is 31.7 Å². The lowest BCUT2D eigenvalue weighted by Gasteiger charge is -2.30. The number of anilines is 3. The number of carbonyl (C=O) groups is 1. The summed E-state index contributed by atoms with van der Waals surface area (Å²) in [6.07, 6.45) is 8.04. The van der Waals surface area contributed by atoms with E-state index >= 15 is 0 Å². The van der Waals surface area contributed by atoms with Crippen LogP contribution < -0.4 is 20.9 Å². The third-order valence-corrected chi connectivity index (χ3v) is 7.27. The fraction of sp³-hybridized carbons (Fsp3) is 0.522. The Kier molecular flexibility index (Phi) is 7.72. The largest absolute Gasteiger partial charge is 0.362 e. The molecule has 178 valence electrons. The molecule has 7 nitrogen and oxygen atoms in total. The summed E-state index contributed by atoms with van der Waals surface area (Å²) in [6, 6.07) is 3.13. The van der Waals surface area contributed by atoms with Crippen molar-refractivity contribution in [3.05, 3.63) is 38.5 Å². The SMILES string of the molecule is CN(C)c1nc(N[C@H]2CC[C@@H](NC(=O)Nc3cc(Cl)c(Cl)cc3Cl)CC2)nc2c1CCCC2. The highest BCUT2D eigenvalue weighted by atomic mass is 35.5. The molecule has 1 aromatic heterocycles. The number of nitrogens with zero attached hydrogens (tertiary/aromatic N) is 3. The van der Waals surface area contributed by atoms with E-state index in [4.69, 9.17) is 44.8 Å². The third kappa shape index (κ3) is 5.94. The van der Waals surface area contributed by atoms with Crippen molar-refractivity contribution in [2.24, 2.45) is 0 Å². The van der Waals surface area contributed by atoms with Crippen LogP contribution in [0.25, 0.3) is 0 Å². The molecule has 4 rings (SSSR count). The Labute approximate surface area is 209 Å². The molecule has 2 amide bonds. The summed E-state index contributed by atoms with van der Waals surface area (Å²) in [5.74, 6) is 1.73. The Morgan fingerprint density at radius 1 is 0.939 bits per heavy atom. The Balaban J connectivity index is 1.31. The molecule has 2 aliphatic carbocycles. The summed E-state index contributed by atoms with van der Waals surface area (Å²) in [7, 11) is 4.07. The lowest BCUT2D eigenvalue weighted by Crippen LogP contribution is -2.42. The maximum absolute atomic E-state index is 12.4. The number of carbonyl (C=O) groups excluding carboxylic acids is 1. The Morgan fingerprint density at radius 2 is 1.61 bits per heavy atom. The topological polar surface area (TPSA) is 82.2 Å². The quantitative estimate of drug-likeness (QED) is 0.434. The van der Waals surface area contributed by atoms with E-state index in [0.29, 0.717) is 26.7 Å². The lowest BCUT2D eigenvalue weighted by atomic mass is 9.91. The third-order valence-electron chi connectivity index (χ3n) is 6.24. The van der Waals surface area contributed by atoms with Crippen molar-refractivity contribution in [2.45, 2.75) is 63.5 Å². The molecule has 0 unspecified atom stereocenters. The van der Waals surface area contributed by atoms with Crippen LogP contribution in [0, 0.1) is 0 Å². The molecule has 10 heteroatoms. The maximum Gasteiger partial charge on any atom is 0.319 e. The minimum atomic E-state index is -0.305. The molecule has 2 aliphatic rings. The van der Waals surface area contributed by atoms with E-state index in [1.807, 2.05) is 14.1 Å². The number of urea groups is 1. The van der Waals surface area contributed by atoms with Crippen LogP contribution in [0.2, 0.25) is 15.1 Å². The van der Waals surface area contributed by atoms with Gasteiger partial charge in [0.25, 0.3) is 0 Å². The number of aromatic nitrogens is 2. The first-order chi connectivity index (χ1) is 15.8. The smallest absolute Gasteiger partial charge is 0.319 e. The second-order valence-electron chi connectivity index (χ2n) is 8.94. The average Bonchev–Trinajstić information content (AvgIpc) is 2.78. The molecule has 1 heterocycles. The molecular weight excluding hydrogens is 483 g/mol. The van der Waals surface area contributed by atoms with Gasteiger partial charge in [-0.2, -0.15) is 4.98 Å². The van der Waals surface area contributed by atoms with Crippen LogP contribution in [0.4, 0.5) is 22.2 Å². The Morgan fingerprint density at radius 3 is 2.33 bits per heavy atom. The summed E-state index contributed by atoms with van der Waals surface area (Å²) >= 11 is 18.1. The Bertz CT molecular complexity index is 1020. The number of benzene rings is 1. The van der Waals surface area contributed by atoms with Gasteiger partial charge in [-0.25, -0.2) is 9.78 Å². The number of rotatable bonds is 5. The first kappa shape index (κ1) is 24.2. The standard InChI is InChI=1S/C23H29Cl3N6O/c1-32(2)21-15-5-3-4-6-19(15)29-22(31-21)27-13-7-9-14(10-8-13)28-23(33)30-20-12-17(25)16(24)11-18(20)26/h11-14H,3-10H2,1-2H3,(H,27,29,31)(H2,28,30,33)/t13-,14+. The monoisotopic (exact) mass is 510 g/mol. The summed E-state index contributed by atoms with van der Waals surface area (Å²) < 4.78 is 0. The molecule has 0 radical (unpaired) electrons. The number of halogens is 3. The van der Waals surface area contributed by atoms with E-state index < -0.39 is 0 Å². The molecule has 0 bridgehead atoms. The van der Waals surface area contributed by atoms with Gasteiger partial charge in [0.05, 0.1) is 26.4 Å². The highest BCUT2D eigenvalue weighted by molar-refractivity contribution is 6.44. The number of hydrogen-bond acceptors (Lipinski definition) is 5. The van der Waals surface area contributed by atoms with Crippen molar-refractivity contribution in [1.29, 1.82) is 0 Å². The molecule has 0 aliphatic heterocycles. The van der Waals surface area contributed by atoms with Crippen LogP contribution in [0.3, 0.4) is 0 Å². The fourth-order valence-corrected chi connectivity index (χ4v) is 5.13. The molecule has 1 aromatic carbocycles. The van der Waals surface area contributed by atoms with E-state index in [1.54, 1.807) is 6.07 Å². The first-order valence-electron chi connectivity index (χ1n) is 11.4. The van der Waals surface area contributed by atoms with Crippen LogP contribution in [-0.4, -0.2) is 42.2 Å². The van der Waals surface area contributed by atoms with Gasteiger partial charge in [-0.15, -0.1) is 0 Å². The van der Waals surface area contributed by atoms with Gasteiger partial charge in [-0.1, -0.05) is 34.8 Å².